The molecule has 1 aliphatic heterocycles. The van der Waals surface area contributed by atoms with Crippen LogP contribution in [0.25, 0.3) is 0 Å². The lowest BCUT2D eigenvalue weighted by Crippen LogP contribution is -2.37. The lowest BCUT2D eigenvalue weighted by atomic mass is 10.1. The van der Waals surface area contributed by atoms with Crippen LogP contribution in [0.15, 0.2) is 35.6 Å². The van der Waals surface area contributed by atoms with E-state index in [1.54, 1.807) is 11.1 Å². The summed E-state index contributed by atoms with van der Waals surface area (Å²) < 4.78 is 5.27. The second-order valence-electron chi connectivity index (χ2n) is 7.63. The molecule has 0 atom stereocenters. The number of benzene rings is 1. The van der Waals surface area contributed by atoms with Gasteiger partial charge < -0.3 is 15.0 Å². The third-order valence-electron chi connectivity index (χ3n) is 5.49. The number of amides is 1. The van der Waals surface area contributed by atoms with E-state index in [0.717, 1.165) is 24.1 Å². The summed E-state index contributed by atoms with van der Waals surface area (Å²) in [4.78, 5) is 23.1. The smallest absolute Gasteiger partial charge is 0.410 e. The number of hydrogen-bond donors (Lipinski definition) is 3. The largest absolute Gasteiger partial charge is 0.449 e. The summed E-state index contributed by atoms with van der Waals surface area (Å²) >= 11 is 0. The maximum atomic E-state index is 12.3. The minimum absolute atomic E-state index is 0.0130. The van der Waals surface area contributed by atoms with Gasteiger partial charge in [-0.1, -0.05) is 24.3 Å². The number of rotatable bonds is 6. The zero-order chi connectivity index (χ0) is 20.9. The molecule has 2 aromatic rings. The number of nitrogens with one attached hydrogen (secondary N) is 3. The molecule has 1 amide bonds. The number of fused-ring (bicyclic) bond motifs is 2. The van der Waals surface area contributed by atoms with Crippen molar-refractivity contribution in [3.63, 3.8) is 0 Å². The highest BCUT2D eigenvalue weighted by atomic mass is 16.6. The van der Waals surface area contributed by atoms with Crippen molar-refractivity contribution in [2.24, 2.45) is 5.11 Å². The van der Waals surface area contributed by atoms with Crippen molar-refractivity contribution in [2.75, 3.05) is 18.5 Å². The number of ether oxygens (including phenoxy) is 1. The molecule has 30 heavy (non-hydrogen) atoms. The zero-order valence-electron chi connectivity index (χ0n) is 16.7. The van der Waals surface area contributed by atoms with Gasteiger partial charge in [-0.15, -0.1) is 5.11 Å². The molecule has 2 heterocycles. The number of anilines is 1. The van der Waals surface area contributed by atoms with Crippen LogP contribution in [0.4, 0.5) is 10.7 Å². The molecule has 0 saturated heterocycles. The van der Waals surface area contributed by atoms with Gasteiger partial charge in [0.2, 0.25) is 5.95 Å². The summed E-state index contributed by atoms with van der Waals surface area (Å²) in [5.74, 6) is 0.630. The fraction of sp³-hybridized carbons (Fsp3) is 0.429. The topological polar surface area (TPSA) is 127 Å². The van der Waals surface area contributed by atoms with Crippen molar-refractivity contribution in [1.29, 1.82) is 10.9 Å². The molecule has 1 aromatic carbocycles. The number of amidine groups is 1. The van der Waals surface area contributed by atoms with Crippen LogP contribution < -0.4 is 5.32 Å². The van der Waals surface area contributed by atoms with E-state index in [0.29, 0.717) is 44.3 Å². The zero-order valence-corrected chi connectivity index (χ0v) is 16.7. The van der Waals surface area contributed by atoms with Crippen LogP contribution in [0.3, 0.4) is 0 Å². The Bertz CT molecular complexity index is 937. The summed E-state index contributed by atoms with van der Waals surface area (Å²) in [6, 6.07) is 8.80. The van der Waals surface area contributed by atoms with Crippen LogP contribution >= 0.6 is 0 Å². The summed E-state index contributed by atoms with van der Waals surface area (Å²) in [7, 11) is 0. The molecule has 0 radical (unpaired) electrons. The maximum absolute atomic E-state index is 12.3. The molecule has 1 aliphatic carbocycles. The van der Waals surface area contributed by atoms with Gasteiger partial charge in [0.25, 0.3) is 0 Å². The second kappa shape index (κ2) is 8.98. The Balaban J connectivity index is 1.29. The summed E-state index contributed by atoms with van der Waals surface area (Å²) in [5.41, 5.74) is 11.4. The van der Waals surface area contributed by atoms with Gasteiger partial charge in [0.05, 0.1) is 18.8 Å². The van der Waals surface area contributed by atoms with E-state index in [2.05, 4.69) is 44.7 Å². The predicted molar refractivity (Wildman–Crippen MR) is 111 cm³/mol. The average Bonchev–Trinajstić information content (AvgIpc) is 3.18. The molecular weight excluding hydrogens is 382 g/mol. The molecule has 4 rings (SSSR count). The summed E-state index contributed by atoms with van der Waals surface area (Å²) in [5, 5.41) is 13.8. The molecule has 1 aromatic heterocycles. The van der Waals surface area contributed by atoms with Crippen molar-refractivity contribution in [3.05, 3.63) is 52.8 Å². The molecule has 0 saturated carbocycles. The molecule has 0 spiro atoms. The molecule has 156 valence electrons. The third-order valence-corrected chi connectivity index (χ3v) is 5.49. The van der Waals surface area contributed by atoms with Crippen molar-refractivity contribution in [2.45, 2.75) is 44.7 Å². The fourth-order valence-electron chi connectivity index (χ4n) is 3.93. The van der Waals surface area contributed by atoms with E-state index in [9.17, 15) is 4.79 Å². The minimum atomic E-state index is -0.374. The molecule has 2 aliphatic rings. The molecule has 0 unspecified atom stereocenters. The highest BCUT2D eigenvalue weighted by Crippen LogP contribution is 2.24. The number of aromatic nitrogens is 2. The number of carbonyl (C=O) groups is 1. The Kier molecular flexibility index (Phi) is 5.97. The first-order chi connectivity index (χ1) is 14.6. The molecular formula is C21H25N7O2. The van der Waals surface area contributed by atoms with Crippen LogP contribution in [-0.2, 0) is 30.5 Å². The van der Waals surface area contributed by atoms with Crippen molar-refractivity contribution < 1.29 is 9.53 Å². The number of hydrogen-bond acceptors (Lipinski definition) is 7. The summed E-state index contributed by atoms with van der Waals surface area (Å²) in [6.07, 6.45) is 4.85. The van der Waals surface area contributed by atoms with E-state index in [-0.39, 0.29) is 18.5 Å². The SMILES string of the molecule is N=NC(=N)CCCOC(=O)N1CCc2nc(NC3Cc4ccccc4C3)ncc2C1. The standard InChI is InChI=1S/C21H25N7O2/c22-19(27-23)6-3-9-30-21(29)28-8-7-18-16(13-28)12-24-20(26-18)25-17-10-14-4-1-2-5-15(14)11-17/h1-2,4-5,12,17,22-23H,3,6-11,13H2,(H,24,25,26). The Morgan fingerprint density at radius 3 is 2.77 bits per heavy atom. The molecule has 0 bridgehead atoms. The highest BCUT2D eigenvalue weighted by Gasteiger charge is 2.25. The van der Waals surface area contributed by atoms with Crippen LogP contribution in [0, 0.1) is 10.9 Å². The van der Waals surface area contributed by atoms with Gasteiger partial charge in [-0.05, 0) is 30.4 Å². The van der Waals surface area contributed by atoms with Crippen molar-refractivity contribution >= 4 is 17.9 Å². The third kappa shape index (κ3) is 4.61. The van der Waals surface area contributed by atoms with Crippen LogP contribution in [0.5, 0.6) is 0 Å². The van der Waals surface area contributed by atoms with Gasteiger partial charge in [0.15, 0.2) is 0 Å². The van der Waals surface area contributed by atoms with E-state index >= 15 is 0 Å². The van der Waals surface area contributed by atoms with E-state index in [1.807, 2.05) is 0 Å². The van der Waals surface area contributed by atoms with Gasteiger partial charge in [-0.2, -0.15) is 0 Å². The molecule has 9 heteroatoms. The Morgan fingerprint density at radius 2 is 2.03 bits per heavy atom. The predicted octanol–water partition coefficient (Wildman–Crippen LogP) is 3.34. The first-order valence-electron chi connectivity index (χ1n) is 10.2. The number of nitrogens with zero attached hydrogens (tertiary/aromatic N) is 4. The van der Waals surface area contributed by atoms with Gasteiger partial charge in [-0.25, -0.2) is 20.3 Å². The Morgan fingerprint density at radius 1 is 1.27 bits per heavy atom. The lowest BCUT2D eigenvalue weighted by Gasteiger charge is -2.27. The first kappa shape index (κ1) is 19.9. The van der Waals surface area contributed by atoms with Gasteiger partial charge >= 0.3 is 6.09 Å². The maximum Gasteiger partial charge on any atom is 0.410 e. The fourth-order valence-corrected chi connectivity index (χ4v) is 3.93. The molecule has 3 N–H and O–H groups in total. The van der Waals surface area contributed by atoms with Crippen LogP contribution in [0.2, 0.25) is 0 Å². The summed E-state index contributed by atoms with van der Waals surface area (Å²) in [6.45, 7) is 1.19. The monoisotopic (exact) mass is 407 g/mol. The second-order valence-corrected chi connectivity index (χ2v) is 7.63. The van der Waals surface area contributed by atoms with E-state index in [1.165, 1.54) is 11.1 Å². The Hall–Kier alpha value is -3.36. The lowest BCUT2D eigenvalue weighted by molar-refractivity contribution is 0.0969. The molecule has 9 nitrogen and oxygen atoms in total. The van der Waals surface area contributed by atoms with E-state index in [4.69, 9.17) is 15.7 Å². The minimum Gasteiger partial charge on any atom is -0.449 e. The highest BCUT2D eigenvalue weighted by molar-refractivity contribution is 5.78. The van der Waals surface area contributed by atoms with Gasteiger partial charge in [0, 0.05) is 37.2 Å². The number of carbonyl (C=O) groups excluding carboxylic acids is 1. The van der Waals surface area contributed by atoms with Crippen molar-refractivity contribution in [3.8, 4) is 0 Å². The molecule has 0 fully saturated rings. The first-order valence-corrected chi connectivity index (χ1v) is 10.2. The van der Waals surface area contributed by atoms with Crippen LogP contribution in [-0.4, -0.2) is 46.0 Å². The van der Waals surface area contributed by atoms with Gasteiger partial charge in [0.1, 0.15) is 5.84 Å². The van der Waals surface area contributed by atoms with E-state index < -0.39 is 0 Å². The van der Waals surface area contributed by atoms with Gasteiger partial charge in [-0.3, -0.25) is 5.41 Å². The quantitative estimate of drug-likeness (QED) is 0.293. The Labute approximate surface area is 174 Å². The average molecular weight is 407 g/mol. The van der Waals surface area contributed by atoms with Crippen molar-refractivity contribution in [1.82, 2.24) is 14.9 Å². The van der Waals surface area contributed by atoms with Crippen LogP contribution in [0.1, 0.15) is 35.2 Å². The normalized spacial score (nSPS) is 15.3.